The summed E-state index contributed by atoms with van der Waals surface area (Å²) in [6, 6.07) is 5.05. The van der Waals surface area contributed by atoms with Crippen LogP contribution in [-0.4, -0.2) is 25.2 Å². The summed E-state index contributed by atoms with van der Waals surface area (Å²) in [5.41, 5.74) is 0.838. The van der Waals surface area contributed by atoms with Gasteiger partial charge in [-0.1, -0.05) is 5.16 Å². The molecule has 0 bridgehead atoms. The average Bonchev–Trinajstić information content (AvgIpc) is 2.83. The van der Waals surface area contributed by atoms with Crippen LogP contribution in [0.1, 0.15) is 21.7 Å². The minimum atomic E-state index is -0.204. The highest BCUT2D eigenvalue weighted by Crippen LogP contribution is 2.27. The summed E-state index contributed by atoms with van der Waals surface area (Å²) in [5, 5.41) is 3.60. The van der Waals surface area contributed by atoms with E-state index in [1.54, 1.807) is 32.2 Å². The Morgan fingerprint density at radius 1 is 1.22 bits per heavy atom. The molecule has 0 saturated carbocycles. The maximum absolute atomic E-state index is 12.3. The van der Waals surface area contributed by atoms with Crippen LogP contribution in [0.5, 0.6) is 11.5 Å². The molecule has 1 aromatic carbocycles. The van der Waals surface area contributed by atoms with Crippen molar-refractivity contribution in [2.24, 2.45) is 0 Å². The number of benzene rings is 1. The molecule has 1 aromatic heterocycles. The Kier molecular flexibility index (Phi) is 3.32. The Hall–Kier alpha value is -2.30. The van der Waals surface area contributed by atoms with E-state index in [0.29, 0.717) is 28.4 Å². The summed E-state index contributed by atoms with van der Waals surface area (Å²) in [4.78, 5) is 12.3. The second kappa shape index (κ2) is 4.91. The highest BCUT2D eigenvalue weighted by molar-refractivity contribution is 6.11. The van der Waals surface area contributed by atoms with Gasteiger partial charge in [0.1, 0.15) is 17.3 Å². The smallest absolute Gasteiger partial charge is 0.202 e. The predicted octanol–water partition coefficient (Wildman–Crippen LogP) is 2.23. The van der Waals surface area contributed by atoms with Crippen molar-refractivity contribution in [3.8, 4) is 11.5 Å². The van der Waals surface area contributed by atoms with Gasteiger partial charge in [0.25, 0.3) is 0 Å². The van der Waals surface area contributed by atoms with Crippen LogP contribution in [0.25, 0.3) is 0 Å². The van der Waals surface area contributed by atoms with Crippen molar-refractivity contribution in [3.05, 3.63) is 41.3 Å². The lowest BCUT2D eigenvalue weighted by Gasteiger charge is -2.08. The first-order valence-corrected chi connectivity index (χ1v) is 5.35. The Morgan fingerprint density at radius 2 is 2.00 bits per heavy atom. The zero-order valence-corrected chi connectivity index (χ0v) is 10.4. The van der Waals surface area contributed by atoms with E-state index in [1.807, 2.05) is 0 Å². The van der Waals surface area contributed by atoms with Crippen molar-refractivity contribution < 1.29 is 18.8 Å². The number of ether oxygens (including phenoxy) is 2. The van der Waals surface area contributed by atoms with E-state index in [-0.39, 0.29) is 5.78 Å². The molecule has 0 aliphatic rings. The Labute approximate surface area is 104 Å². The highest BCUT2D eigenvalue weighted by Gasteiger charge is 2.19. The molecule has 0 radical (unpaired) electrons. The van der Waals surface area contributed by atoms with Crippen LogP contribution < -0.4 is 9.47 Å². The zero-order valence-electron chi connectivity index (χ0n) is 10.4. The van der Waals surface area contributed by atoms with Gasteiger partial charge in [-0.05, 0) is 25.1 Å². The second-order valence-corrected chi connectivity index (χ2v) is 3.69. The molecule has 2 rings (SSSR count). The van der Waals surface area contributed by atoms with Gasteiger partial charge in [-0.2, -0.15) is 0 Å². The number of rotatable bonds is 4. The van der Waals surface area contributed by atoms with E-state index < -0.39 is 0 Å². The van der Waals surface area contributed by atoms with Gasteiger partial charge in [-0.3, -0.25) is 4.79 Å². The second-order valence-electron chi connectivity index (χ2n) is 3.69. The quantitative estimate of drug-likeness (QED) is 0.775. The van der Waals surface area contributed by atoms with Crippen LogP contribution in [0.15, 0.2) is 28.9 Å². The normalized spacial score (nSPS) is 10.2. The van der Waals surface area contributed by atoms with Crippen molar-refractivity contribution in [1.29, 1.82) is 0 Å². The molecule has 0 aliphatic carbocycles. The number of methoxy groups -OCH3 is 2. The van der Waals surface area contributed by atoms with Gasteiger partial charge in [-0.15, -0.1) is 0 Å². The molecular weight excluding hydrogens is 234 g/mol. The molecular formula is C13H13NO4. The van der Waals surface area contributed by atoms with Crippen LogP contribution in [0, 0.1) is 6.92 Å². The fourth-order valence-corrected chi connectivity index (χ4v) is 1.65. The first-order valence-electron chi connectivity index (χ1n) is 5.35. The van der Waals surface area contributed by atoms with Crippen LogP contribution in [0.2, 0.25) is 0 Å². The average molecular weight is 247 g/mol. The van der Waals surface area contributed by atoms with Gasteiger partial charge < -0.3 is 14.0 Å². The van der Waals surface area contributed by atoms with E-state index >= 15 is 0 Å². The van der Waals surface area contributed by atoms with Crippen molar-refractivity contribution in [2.45, 2.75) is 6.92 Å². The lowest BCUT2D eigenvalue weighted by Crippen LogP contribution is -2.04. The van der Waals surface area contributed by atoms with E-state index in [9.17, 15) is 4.79 Å². The fraction of sp³-hybridized carbons (Fsp3) is 0.231. The molecule has 0 spiro atoms. The van der Waals surface area contributed by atoms with Gasteiger partial charge >= 0.3 is 0 Å². The van der Waals surface area contributed by atoms with Crippen LogP contribution >= 0.6 is 0 Å². The molecule has 0 saturated heterocycles. The summed E-state index contributed by atoms with van der Waals surface area (Å²) in [6.07, 6.45) is 1.40. The Balaban J connectivity index is 2.49. The van der Waals surface area contributed by atoms with Crippen molar-refractivity contribution in [2.75, 3.05) is 14.2 Å². The first-order chi connectivity index (χ1) is 8.67. The third kappa shape index (κ3) is 2.07. The largest absolute Gasteiger partial charge is 0.497 e. The SMILES string of the molecule is COc1ccc(OC)c(C(=O)c2cnoc2C)c1. The maximum atomic E-state index is 12.3. The molecule has 0 N–H and O–H groups in total. The van der Waals surface area contributed by atoms with Crippen LogP contribution in [-0.2, 0) is 0 Å². The number of nitrogens with zero attached hydrogens (tertiary/aromatic N) is 1. The highest BCUT2D eigenvalue weighted by atomic mass is 16.5. The van der Waals surface area contributed by atoms with Gasteiger partial charge in [-0.25, -0.2) is 0 Å². The minimum Gasteiger partial charge on any atom is -0.497 e. The zero-order chi connectivity index (χ0) is 13.1. The van der Waals surface area contributed by atoms with E-state index in [2.05, 4.69) is 5.16 Å². The Morgan fingerprint density at radius 3 is 2.56 bits per heavy atom. The van der Waals surface area contributed by atoms with E-state index in [0.717, 1.165) is 0 Å². The van der Waals surface area contributed by atoms with Gasteiger partial charge in [0.2, 0.25) is 5.78 Å². The molecule has 94 valence electrons. The summed E-state index contributed by atoms with van der Waals surface area (Å²) in [7, 11) is 3.06. The number of ketones is 1. The molecule has 0 unspecified atom stereocenters. The lowest BCUT2D eigenvalue weighted by atomic mass is 10.0. The van der Waals surface area contributed by atoms with Crippen LogP contribution in [0.4, 0.5) is 0 Å². The van der Waals surface area contributed by atoms with Crippen molar-refractivity contribution >= 4 is 5.78 Å². The molecule has 2 aromatic rings. The number of carbonyl (C=O) groups excluding carboxylic acids is 1. The molecule has 0 atom stereocenters. The third-order valence-corrected chi connectivity index (χ3v) is 2.65. The summed E-state index contributed by atoms with van der Waals surface area (Å²) in [5.74, 6) is 1.35. The predicted molar refractivity (Wildman–Crippen MR) is 64.2 cm³/mol. The molecule has 5 nitrogen and oxygen atoms in total. The topological polar surface area (TPSA) is 61.6 Å². The van der Waals surface area contributed by atoms with Crippen molar-refractivity contribution in [1.82, 2.24) is 5.16 Å². The van der Waals surface area contributed by atoms with E-state index in [1.165, 1.54) is 13.3 Å². The monoisotopic (exact) mass is 247 g/mol. The van der Waals surface area contributed by atoms with Gasteiger partial charge in [0, 0.05) is 0 Å². The maximum Gasteiger partial charge on any atom is 0.202 e. The molecule has 0 amide bonds. The summed E-state index contributed by atoms with van der Waals surface area (Å²) in [6.45, 7) is 1.69. The van der Waals surface area contributed by atoms with Gasteiger partial charge in [0.05, 0.1) is 31.5 Å². The number of carbonyl (C=O) groups is 1. The van der Waals surface area contributed by atoms with Gasteiger partial charge in [0.15, 0.2) is 0 Å². The van der Waals surface area contributed by atoms with Crippen molar-refractivity contribution in [3.63, 3.8) is 0 Å². The minimum absolute atomic E-state index is 0.204. The van der Waals surface area contributed by atoms with Crippen LogP contribution in [0.3, 0.4) is 0 Å². The molecule has 5 heteroatoms. The summed E-state index contributed by atoms with van der Waals surface area (Å²) >= 11 is 0. The number of aromatic nitrogens is 1. The number of aryl methyl sites for hydroxylation is 1. The fourth-order valence-electron chi connectivity index (χ4n) is 1.65. The molecule has 0 fully saturated rings. The molecule has 18 heavy (non-hydrogen) atoms. The summed E-state index contributed by atoms with van der Waals surface area (Å²) < 4.78 is 15.2. The van der Waals surface area contributed by atoms with E-state index in [4.69, 9.17) is 14.0 Å². The lowest BCUT2D eigenvalue weighted by molar-refractivity contribution is 0.103. The number of hydrogen-bond donors (Lipinski definition) is 0. The first kappa shape index (κ1) is 12.2. The Bertz CT molecular complexity index is 574. The standard InChI is InChI=1S/C13H13NO4/c1-8-11(7-14-18-8)13(15)10-6-9(16-2)4-5-12(10)17-3/h4-7H,1-3H3. The third-order valence-electron chi connectivity index (χ3n) is 2.65. The number of hydrogen-bond acceptors (Lipinski definition) is 5. The molecule has 1 heterocycles. The molecule has 0 aliphatic heterocycles.